The number of amides is 1. The van der Waals surface area contributed by atoms with Gasteiger partial charge in [0.2, 0.25) is 0 Å². The number of aliphatic carboxylic acids is 1. The maximum absolute atomic E-state index is 12.5. The van der Waals surface area contributed by atoms with Gasteiger partial charge in [0, 0.05) is 18.7 Å². The van der Waals surface area contributed by atoms with Gasteiger partial charge in [-0.2, -0.15) is 4.99 Å². The van der Waals surface area contributed by atoms with Gasteiger partial charge in [0.25, 0.3) is 11.9 Å². The van der Waals surface area contributed by atoms with Gasteiger partial charge in [-0.1, -0.05) is 51.2 Å². The molecule has 39 heavy (non-hydrogen) atoms. The molecule has 1 heterocycles. The van der Waals surface area contributed by atoms with Crippen LogP contribution in [0.2, 0.25) is 0 Å². The third kappa shape index (κ3) is 9.81. The van der Waals surface area contributed by atoms with E-state index in [0.717, 1.165) is 24.8 Å². The van der Waals surface area contributed by atoms with Gasteiger partial charge in [0.15, 0.2) is 0 Å². The Balaban J connectivity index is 1.72. The molecule has 2 N–H and O–H groups in total. The average Bonchev–Trinajstić information content (AvgIpc) is 3.28. The van der Waals surface area contributed by atoms with E-state index in [9.17, 15) is 22.8 Å². The molecule has 1 aliphatic rings. The predicted molar refractivity (Wildman–Crippen MR) is 140 cm³/mol. The summed E-state index contributed by atoms with van der Waals surface area (Å²) in [5.74, 6) is -1.66. The summed E-state index contributed by atoms with van der Waals surface area (Å²) in [6.45, 7) is 3.22. The van der Waals surface area contributed by atoms with Crippen LogP contribution in [0.1, 0.15) is 73.8 Å². The molecule has 0 aliphatic carbocycles. The topological polar surface area (TPSA) is 100 Å². The van der Waals surface area contributed by atoms with Crippen LogP contribution in [0.5, 0.6) is 5.75 Å². The van der Waals surface area contributed by atoms with Crippen LogP contribution in [0.4, 0.5) is 18.9 Å². The summed E-state index contributed by atoms with van der Waals surface area (Å²) in [4.78, 5) is 29.6. The van der Waals surface area contributed by atoms with Crippen LogP contribution >= 0.6 is 0 Å². The maximum Gasteiger partial charge on any atom is 0.573 e. The summed E-state index contributed by atoms with van der Waals surface area (Å²) in [5.41, 5.74) is 1.77. The third-order valence-electron chi connectivity index (χ3n) is 6.22. The van der Waals surface area contributed by atoms with Gasteiger partial charge in [-0.3, -0.25) is 9.59 Å². The van der Waals surface area contributed by atoms with E-state index in [-0.39, 0.29) is 30.7 Å². The lowest BCUT2D eigenvalue weighted by molar-refractivity contribution is -0.274. The number of carboxylic acid groups (broad SMARTS) is 1. The predicted octanol–water partition coefficient (Wildman–Crippen LogP) is 6.21. The van der Waals surface area contributed by atoms with Crippen molar-refractivity contribution in [3.05, 3.63) is 59.7 Å². The molecule has 1 saturated heterocycles. The Bertz CT molecular complexity index is 1100. The van der Waals surface area contributed by atoms with Crippen molar-refractivity contribution >= 4 is 23.6 Å². The summed E-state index contributed by atoms with van der Waals surface area (Å²) in [7, 11) is 0. The second-order valence-corrected chi connectivity index (χ2v) is 9.25. The number of carbonyl (C=O) groups is 2. The SMILES string of the molecule is CCCCCCCCN1/C(=N/c2ccc(OC(F)(F)F)cc2)OCC1c1ccc(C(=O)NCCC(=O)O)cc1. The molecular weight excluding hydrogens is 515 g/mol. The molecule has 0 bridgehead atoms. The zero-order chi connectivity index (χ0) is 28.3. The van der Waals surface area contributed by atoms with E-state index in [4.69, 9.17) is 9.84 Å². The van der Waals surface area contributed by atoms with Crippen LogP contribution in [-0.2, 0) is 9.53 Å². The Labute approximate surface area is 225 Å². The Morgan fingerprint density at radius 2 is 1.72 bits per heavy atom. The molecule has 2 aromatic rings. The van der Waals surface area contributed by atoms with Gasteiger partial charge in [-0.25, -0.2) is 0 Å². The van der Waals surface area contributed by atoms with Crippen molar-refractivity contribution < 1.29 is 37.3 Å². The minimum absolute atomic E-state index is 0.0432. The number of carbonyl (C=O) groups excluding carboxylic acids is 1. The van der Waals surface area contributed by atoms with Gasteiger partial charge in [-0.15, -0.1) is 13.2 Å². The normalized spacial score (nSPS) is 16.3. The lowest BCUT2D eigenvalue weighted by atomic mass is 10.0. The zero-order valence-electron chi connectivity index (χ0n) is 21.9. The molecule has 0 spiro atoms. The maximum atomic E-state index is 12.5. The molecule has 1 aliphatic heterocycles. The van der Waals surface area contributed by atoms with Crippen molar-refractivity contribution in [3.63, 3.8) is 0 Å². The molecule has 0 radical (unpaired) electrons. The van der Waals surface area contributed by atoms with E-state index in [0.29, 0.717) is 30.4 Å². The Hall–Kier alpha value is -3.76. The molecule has 1 unspecified atom stereocenters. The number of ether oxygens (including phenoxy) is 2. The van der Waals surface area contributed by atoms with E-state index in [1.54, 1.807) is 12.1 Å². The summed E-state index contributed by atoms with van der Waals surface area (Å²) in [6, 6.07) is 12.5. The fourth-order valence-corrected chi connectivity index (χ4v) is 4.22. The highest BCUT2D eigenvalue weighted by Crippen LogP contribution is 2.31. The lowest BCUT2D eigenvalue weighted by Gasteiger charge is -2.24. The fraction of sp³-hybridized carbons (Fsp3) is 0.464. The summed E-state index contributed by atoms with van der Waals surface area (Å²) in [5, 5.41) is 11.3. The van der Waals surface area contributed by atoms with Crippen LogP contribution in [0.15, 0.2) is 53.5 Å². The number of alkyl halides is 3. The quantitative estimate of drug-likeness (QED) is 0.272. The van der Waals surface area contributed by atoms with Gasteiger partial charge >= 0.3 is 12.3 Å². The monoisotopic (exact) mass is 549 g/mol. The molecule has 2 aromatic carbocycles. The van der Waals surface area contributed by atoms with Crippen molar-refractivity contribution in [2.24, 2.45) is 4.99 Å². The van der Waals surface area contributed by atoms with Crippen LogP contribution in [0, 0.1) is 0 Å². The number of carboxylic acids is 1. The molecule has 11 heteroatoms. The van der Waals surface area contributed by atoms with Gasteiger partial charge in [0.1, 0.15) is 12.4 Å². The molecule has 3 rings (SSSR count). The third-order valence-corrected chi connectivity index (χ3v) is 6.22. The Morgan fingerprint density at radius 1 is 1.05 bits per heavy atom. The Morgan fingerprint density at radius 3 is 2.36 bits per heavy atom. The van der Waals surface area contributed by atoms with Crippen LogP contribution < -0.4 is 10.1 Å². The highest BCUT2D eigenvalue weighted by molar-refractivity contribution is 5.94. The first-order chi connectivity index (χ1) is 18.7. The van der Waals surface area contributed by atoms with Crippen molar-refractivity contribution in [1.29, 1.82) is 0 Å². The highest BCUT2D eigenvalue weighted by Gasteiger charge is 2.33. The molecule has 1 amide bonds. The number of benzene rings is 2. The van der Waals surface area contributed by atoms with Crippen molar-refractivity contribution in [1.82, 2.24) is 10.2 Å². The van der Waals surface area contributed by atoms with Crippen molar-refractivity contribution in [3.8, 4) is 5.75 Å². The highest BCUT2D eigenvalue weighted by atomic mass is 19.4. The number of rotatable bonds is 14. The summed E-state index contributed by atoms with van der Waals surface area (Å²) >= 11 is 0. The average molecular weight is 550 g/mol. The first kappa shape index (κ1) is 29.8. The molecule has 0 aromatic heterocycles. The van der Waals surface area contributed by atoms with Gasteiger partial charge in [-0.05, 0) is 48.4 Å². The number of halogens is 3. The van der Waals surface area contributed by atoms with E-state index < -0.39 is 12.3 Å². The van der Waals surface area contributed by atoms with Crippen LogP contribution in [-0.4, -0.2) is 54.0 Å². The first-order valence-electron chi connectivity index (χ1n) is 13.1. The standard InChI is InChI=1S/C28H34F3N3O5/c1-2-3-4-5-6-7-18-34-24(20-8-10-21(11-9-20)26(37)32-17-16-25(35)36)19-38-27(34)33-22-12-14-23(15-13-22)39-28(29,30)31/h8-15,24H,2-7,16-19H2,1H3,(H,32,37)(H,35,36)/b33-27-. The Kier molecular flexibility index (Phi) is 11.0. The molecule has 8 nitrogen and oxygen atoms in total. The summed E-state index contributed by atoms with van der Waals surface area (Å²) < 4.78 is 47.3. The van der Waals surface area contributed by atoms with Gasteiger partial charge in [0.05, 0.1) is 18.2 Å². The molecule has 0 saturated carbocycles. The number of unbranched alkanes of at least 4 members (excludes halogenated alkanes) is 5. The number of nitrogens with one attached hydrogen (secondary N) is 1. The largest absolute Gasteiger partial charge is 0.573 e. The molecule has 1 fully saturated rings. The van der Waals surface area contributed by atoms with Crippen LogP contribution in [0.25, 0.3) is 0 Å². The van der Waals surface area contributed by atoms with E-state index in [2.05, 4.69) is 22.0 Å². The second kappa shape index (κ2) is 14.4. The molecule has 212 valence electrons. The smallest absolute Gasteiger partial charge is 0.481 e. The lowest BCUT2D eigenvalue weighted by Crippen LogP contribution is -2.30. The number of amidine groups is 1. The van der Waals surface area contributed by atoms with Gasteiger partial charge < -0.3 is 24.8 Å². The summed E-state index contributed by atoms with van der Waals surface area (Å²) in [6.07, 6.45) is 1.73. The van der Waals surface area contributed by atoms with E-state index in [1.807, 2.05) is 17.0 Å². The van der Waals surface area contributed by atoms with E-state index in [1.165, 1.54) is 43.5 Å². The van der Waals surface area contributed by atoms with E-state index >= 15 is 0 Å². The number of nitrogens with zero attached hydrogens (tertiary/aromatic N) is 2. The fourth-order valence-electron chi connectivity index (χ4n) is 4.22. The second-order valence-electron chi connectivity index (χ2n) is 9.25. The number of hydrogen-bond donors (Lipinski definition) is 2. The van der Waals surface area contributed by atoms with Crippen LogP contribution in [0.3, 0.4) is 0 Å². The van der Waals surface area contributed by atoms with Crippen molar-refractivity contribution in [2.45, 2.75) is 64.3 Å². The molecular formula is C28H34F3N3O5. The minimum Gasteiger partial charge on any atom is -0.481 e. The molecule has 1 atom stereocenters. The van der Waals surface area contributed by atoms with Crippen molar-refractivity contribution in [2.75, 3.05) is 19.7 Å². The zero-order valence-corrected chi connectivity index (χ0v) is 21.9. The minimum atomic E-state index is -4.77. The number of hydrogen-bond acceptors (Lipinski definition) is 5. The number of aliphatic imine (C=N–C) groups is 1. The first-order valence-corrected chi connectivity index (χ1v) is 13.1.